The van der Waals surface area contributed by atoms with Crippen LogP contribution in [0.2, 0.25) is 10.0 Å². The van der Waals surface area contributed by atoms with Crippen molar-refractivity contribution in [2.24, 2.45) is 0 Å². The minimum atomic E-state index is 0.232. The van der Waals surface area contributed by atoms with E-state index in [-0.39, 0.29) is 6.10 Å². The molecule has 3 aromatic rings. The number of benzene rings is 2. The highest BCUT2D eigenvalue weighted by molar-refractivity contribution is 6.42. The van der Waals surface area contributed by atoms with Crippen molar-refractivity contribution in [3.05, 3.63) is 52.5 Å². The third kappa shape index (κ3) is 3.85. The Kier molecular flexibility index (Phi) is 5.11. The molecule has 1 unspecified atom stereocenters. The van der Waals surface area contributed by atoms with Crippen LogP contribution in [0.15, 0.2) is 42.5 Å². The molecule has 0 aliphatic carbocycles. The van der Waals surface area contributed by atoms with Crippen molar-refractivity contribution in [2.75, 3.05) is 23.8 Å². The normalized spacial score (nSPS) is 16.8. The van der Waals surface area contributed by atoms with E-state index in [1.807, 2.05) is 30.3 Å². The van der Waals surface area contributed by atoms with Gasteiger partial charge in [-0.15, -0.1) is 0 Å². The Labute approximate surface area is 161 Å². The summed E-state index contributed by atoms with van der Waals surface area (Å²) in [6.07, 6.45) is 2.42. The van der Waals surface area contributed by atoms with Crippen LogP contribution in [0.1, 0.15) is 12.8 Å². The fourth-order valence-electron chi connectivity index (χ4n) is 2.99. The third-order valence-electron chi connectivity index (χ3n) is 4.30. The molecule has 2 N–H and O–H groups in total. The van der Waals surface area contributed by atoms with Gasteiger partial charge in [-0.05, 0) is 43.2 Å². The lowest BCUT2D eigenvalue weighted by Gasteiger charge is -2.14. The first-order valence-corrected chi connectivity index (χ1v) is 9.29. The molecule has 1 atom stereocenters. The Balaban J connectivity index is 1.62. The number of ether oxygens (including phenoxy) is 1. The van der Waals surface area contributed by atoms with E-state index in [9.17, 15) is 0 Å². The lowest BCUT2D eigenvalue weighted by atomic mass is 10.2. The molecule has 134 valence electrons. The molecule has 7 heteroatoms. The summed E-state index contributed by atoms with van der Waals surface area (Å²) in [5.74, 6) is 1.28. The molecule has 0 radical (unpaired) electrons. The molecule has 1 aromatic heterocycles. The van der Waals surface area contributed by atoms with Gasteiger partial charge in [0.25, 0.3) is 0 Å². The Morgan fingerprint density at radius 1 is 1.08 bits per heavy atom. The van der Waals surface area contributed by atoms with Gasteiger partial charge in [0.05, 0.1) is 21.7 Å². The van der Waals surface area contributed by atoms with Crippen LogP contribution in [0.4, 0.5) is 17.5 Å². The molecule has 1 fully saturated rings. The van der Waals surface area contributed by atoms with Crippen LogP contribution in [0.25, 0.3) is 10.9 Å². The maximum atomic E-state index is 6.09. The van der Waals surface area contributed by atoms with Gasteiger partial charge in [-0.1, -0.05) is 35.3 Å². The Morgan fingerprint density at radius 3 is 2.77 bits per heavy atom. The van der Waals surface area contributed by atoms with Crippen molar-refractivity contribution < 1.29 is 4.74 Å². The SMILES string of the molecule is Clc1ccc(Nc2nc(NCC3CCCO3)c3ccccc3n2)cc1Cl. The van der Waals surface area contributed by atoms with Gasteiger partial charge in [0.1, 0.15) is 5.82 Å². The molecule has 1 aliphatic rings. The zero-order chi connectivity index (χ0) is 17.9. The van der Waals surface area contributed by atoms with Crippen LogP contribution in [0.5, 0.6) is 0 Å². The molecule has 2 aromatic carbocycles. The van der Waals surface area contributed by atoms with Gasteiger partial charge in [-0.3, -0.25) is 0 Å². The van der Waals surface area contributed by atoms with E-state index in [4.69, 9.17) is 27.9 Å². The van der Waals surface area contributed by atoms with Crippen molar-refractivity contribution in [3.63, 3.8) is 0 Å². The van der Waals surface area contributed by atoms with Crippen molar-refractivity contribution in [2.45, 2.75) is 18.9 Å². The molecule has 0 amide bonds. The molecule has 26 heavy (non-hydrogen) atoms. The van der Waals surface area contributed by atoms with Gasteiger partial charge in [-0.25, -0.2) is 4.98 Å². The topological polar surface area (TPSA) is 59.1 Å². The summed E-state index contributed by atoms with van der Waals surface area (Å²) in [6, 6.07) is 13.2. The summed E-state index contributed by atoms with van der Waals surface area (Å²) >= 11 is 12.1. The summed E-state index contributed by atoms with van der Waals surface area (Å²) in [5, 5.41) is 8.58. The van der Waals surface area contributed by atoms with Crippen LogP contribution in [-0.4, -0.2) is 29.2 Å². The van der Waals surface area contributed by atoms with Gasteiger partial charge in [0.15, 0.2) is 0 Å². The minimum absolute atomic E-state index is 0.232. The monoisotopic (exact) mass is 388 g/mol. The van der Waals surface area contributed by atoms with Gasteiger partial charge >= 0.3 is 0 Å². The zero-order valence-electron chi connectivity index (χ0n) is 14.0. The number of para-hydroxylation sites is 1. The first kappa shape index (κ1) is 17.3. The van der Waals surface area contributed by atoms with Gasteiger partial charge in [0, 0.05) is 24.2 Å². The highest BCUT2D eigenvalue weighted by Crippen LogP contribution is 2.28. The molecular weight excluding hydrogens is 371 g/mol. The highest BCUT2D eigenvalue weighted by Gasteiger charge is 2.16. The predicted molar refractivity (Wildman–Crippen MR) is 107 cm³/mol. The fourth-order valence-corrected chi connectivity index (χ4v) is 3.28. The second-order valence-electron chi connectivity index (χ2n) is 6.18. The van der Waals surface area contributed by atoms with Crippen LogP contribution >= 0.6 is 23.2 Å². The first-order valence-electron chi connectivity index (χ1n) is 8.53. The van der Waals surface area contributed by atoms with Crippen LogP contribution in [0, 0.1) is 0 Å². The second-order valence-corrected chi connectivity index (χ2v) is 7.00. The number of nitrogens with one attached hydrogen (secondary N) is 2. The fraction of sp³-hybridized carbons (Fsp3) is 0.263. The Morgan fingerprint density at radius 2 is 1.96 bits per heavy atom. The molecule has 1 saturated heterocycles. The molecule has 0 bridgehead atoms. The molecule has 5 nitrogen and oxygen atoms in total. The summed E-state index contributed by atoms with van der Waals surface area (Å²) in [6.45, 7) is 1.56. The highest BCUT2D eigenvalue weighted by atomic mass is 35.5. The minimum Gasteiger partial charge on any atom is -0.376 e. The number of fused-ring (bicyclic) bond motifs is 1. The van der Waals surface area contributed by atoms with Gasteiger partial charge in [-0.2, -0.15) is 4.98 Å². The number of anilines is 3. The molecule has 0 spiro atoms. The standard InChI is InChI=1S/C19H18Cl2N4O/c20-15-8-7-12(10-16(15)21)23-19-24-17-6-2-1-5-14(17)18(25-19)22-11-13-4-3-9-26-13/h1-2,5-8,10,13H,3-4,9,11H2,(H2,22,23,24,25). The van der Waals surface area contributed by atoms with E-state index in [2.05, 4.69) is 20.6 Å². The van der Waals surface area contributed by atoms with E-state index in [0.717, 1.165) is 48.4 Å². The number of aromatic nitrogens is 2. The molecular formula is C19H18Cl2N4O. The smallest absolute Gasteiger partial charge is 0.229 e. The number of rotatable bonds is 5. The quantitative estimate of drug-likeness (QED) is 0.623. The second kappa shape index (κ2) is 7.66. The van der Waals surface area contributed by atoms with Crippen LogP contribution < -0.4 is 10.6 Å². The molecule has 1 aliphatic heterocycles. The lowest BCUT2D eigenvalue weighted by molar-refractivity contribution is 0.120. The van der Waals surface area contributed by atoms with Crippen molar-refractivity contribution in [1.29, 1.82) is 0 Å². The Bertz CT molecular complexity index is 929. The lowest BCUT2D eigenvalue weighted by Crippen LogP contribution is -2.19. The van der Waals surface area contributed by atoms with E-state index < -0.39 is 0 Å². The van der Waals surface area contributed by atoms with Crippen molar-refractivity contribution in [3.8, 4) is 0 Å². The number of hydrogen-bond acceptors (Lipinski definition) is 5. The largest absolute Gasteiger partial charge is 0.376 e. The van der Waals surface area contributed by atoms with Crippen LogP contribution in [-0.2, 0) is 4.74 Å². The number of hydrogen-bond donors (Lipinski definition) is 2. The first-order chi connectivity index (χ1) is 12.7. The summed E-state index contributed by atoms with van der Waals surface area (Å²) < 4.78 is 5.69. The average molecular weight is 389 g/mol. The number of halogens is 2. The maximum Gasteiger partial charge on any atom is 0.229 e. The molecule has 2 heterocycles. The van der Waals surface area contributed by atoms with E-state index >= 15 is 0 Å². The van der Waals surface area contributed by atoms with Gasteiger partial charge < -0.3 is 15.4 Å². The average Bonchev–Trinajstić information content (AvgIpc) is 3.16. The third-order valence-corrected chi connectivity index (χ3v) is 5.04. The molecule has 0 saturated carbocycles. The summed E-state index contributed by atoms with van der Waals surface area (Å²) in [5.41, 5.74) is 1.64. The zero-order valence-corrected chi connectivity index (χ0v) is 15.5. The summed E-state index contributed by atoms with van der Waals surface area (Å²) in [4.78, 5) is 9.24. The van der Waals surface area contributed by atoms with Gasteiger partial charge in [0.2, 0.25) is 5.95 Å². The Hall–Kier alpha value is -2.08. The van der Waals surface area contributed by atoms with Crippen LogP contribution in [0.3, 0.4) is 0 Å². The molecule has 4 rings (SSSR count). The van der Waals surface area contributed by atoms with Crippen molar-refractivity contribution in [1.82, 2.24) is 9.97 Å². The van der Waals surface area contributed by atoms with Crippen molar-refractivity contribution >= 4 is 51.6 Å². The van der Waals surface area contributed by atoms with E-state index in [1.165, 1.54) is 0 Å². The maximum absolute atomic E-state index is 6.09. The van der Waals surface area contributed by atoms with E-state index in [1.54, 1.807) is 12.1 Å². The summed E-state index contributed by atoms with van der Waals surface area (Å²) in [7, 11) is 0. The number of nitrogens with zero attached hydrogens (tertiary/aromatic N) is 2. The van der Waals surface area contributed by atoms with E-state index in [0.29, 0.717) is 16.0 Å². The predicted octanol–water partition coefficient (Wildman–Crippen LogP) is 5.27.